The number of carbonyl (C=O) groups excluding carboxylic acids is 1. The third kappa shape index (κ3) is 8.65. The van der Waals surface area contributed by atoms with Gasteiger partial charge in [-0.25, -0.2) is 4.79 Å². The molecule has 3 N–H and O–H groups in total. The molecule has 0 fully saturated rings. The molecule has 1 unspecified atom stereocenters. The highest BCUT2D eigenvalue weighted by molar-refractivity contribution is 5.99. The smallest absolute Gasteiger partial charge is 0.326 e. The van der Waals surface area contributed by atoms with Crippen molar-refractivity contribution in [3.05, 3.63) is 11.8 Å². The molecular weight excluding hydrogens is 272 g/mol. The molecule has 7 nitrogen and oxygen atoms in total. The molecule has 7 heteroatoms. The van der Waals surface area contributed by atoms with Crippen LogP contribution in [0.1, 0.15) is 20.3 Å². The summed E-state index contributed by atoms with van der Waals surface area (Å²) in [5.41, 5.74) is -0.135. The molecule has 0 saturated heterocycles. The van der Waals surface area contributed by atoms with E-state index in [0.717, 1.165) is 6.54 Å². The zero-order chi connectivity index (χ0) is 16.4. The highest BCUT2D eigenvalue weighted by Gasteiger charge is 2.22. The van der Waals surface area contributed by atoms with E-state index >= 15 is 0 Å². The Hall–Kier alpha value is -2.07. The molecule has 0 radical (unpaired) electrons. The molecule has 0 aromatic carbocycles. The summed E-state index contributed by atoms with van der Waals surface area (Å²) in [6.45, 7) is 5.07. The first-order chi connectivity index (χ1) is 9.77. The van der Waals surface area contributed by atoms with Crippen LogP contribution in [-0.2, 0) is 9.59 Å². The predicted molar refractivity (Wildman–Crippen MR) is 79.3 cm³/mol. The molecule has 1 amide bonds. The summed E-state index contributed by atoms with van der Waals surface area (Å²) in [5.74, 6) is -1.66. The topological polar surface area (TPSA) is 105 Å². The second-order valence-electron chi connectivity index (χ2n) is 5.42. The fourth-order valence-corrected chi connectivity index (χ4v) is 1.54. The SMILES string of the molecule is CC(C)CC(NC(=O)/C(C#N)=C\NCCN(C)C)C(=O)O. The Morgan fingerprint density at radius 1 is 1.38 bits per heavy atom. The second-order valence-corrected chi connectivity index (χ2v) is 5.42. The first kappa shape index (κ1) is 18.9. The Morgan fingerprint density at radius 3 is 2.43 bits per heavy atom. The maximum absolute atomic E-state index is 11.9. The molecule has 0 aromatic rings. The average molecular weight is 296 g/mol. The van der Waals surface area contributed by atoms with E-state index in [9.17, 15) is 9.59 Å². The van der Waals surface area contributed by atoms with Crippen molar-refractivity contribution in [3.8, 4) is 6.07 Å². The Bertz CT molecular complexity index is 424. The summed E-state index contributed by atoms with van der Waals surface area (Å²) in [7, 11) is 3.82. The molecule has 0 aliphatic rings. The number of hydrogen-bond acceptors (Lipinski definition) is 5. The van der Waals surface area contributed by atoms with Crippen LogP contribution in [0.3, 0.4) is 0 Å². The molecule has 0 saturated carbocycles. The molecule has 0 spiro atoms. The molecule has 0 aliphatic heterocycles. The minimum absolute atomic E-state index is 0.124. The fourth-order valence-electron chi connectivity index (χ4n) is 1.54. The number of carbonyl (C=O) groups is 2. The summed E-state index contributed by atoms with van der Waals surface area (Å²) < 4.78 is 0. The van der Waals surface area contributed by atoms with Gasteiger partial charge in [-0.05, 0) is 26.4 Å². The number of rotatable bonds is 9. The third-order valence-electron chi connectivity index (χ3n) is 2.63. The van der Waals surface area contributed by atoms with Gasteiger partial charge in [0.25, 0.3) is 5.91 Å². The van der Waals surface area contributed by atoms with Gasteiger partial charge in [0.2, 0.25) is 0 Å². The maximum atomic E-state index is 11.9. The van der Waals surface area contributed by atoms with Gasteiger partial charge >= 0.3 is 5.97 Å². The van der Waals surface area contributed by atoms with Crippen molar-refractivity contribution in [2.45, 2.75) is 26.3 Å². The zero-order valence-corrected chi connectivity index (χ0v) is 13.0. The number of nitriles is 1. The minimum atomic E-state index is -1.10. The monoisotopic (exact) mass is 296 g/mol. The molecular formula is C14H24N4O3. The van der Waals surface area contributed by atoms with Crippen LogP contribution in [0.2, 0.25) is 0 Å². The fraction of sp³-hybridized carbons (Fsp3) is 0.643. The summed E-state index contributed by atoms with van der Waals surface area (Å²) in [6, 6.07) is 0.778. The van der Waals surface area contributed by atoms with Crippen LogP contribution >= 0.6 is 0 Å². The van der Waals surface area contributed by atoms with E-state index in [4.69, 9.17) is 10.4 Å². The van der Waals surface area contributed by atoms with E-state index < -0.39 is 17.9 Å². The predicted octanol–water partition coefficient (Wildman–Crippen LogP) is 0.161. The molecule has 21 heavy (non-hydrogen) atoms. The first-order valence-corrected chi connectivity index (χ1v) is 6.80. The van der Waals surface area contributed by atoms with Crippen molar-refractivity contribution in [1.82, 2.24) is 15.5 Å². The second kappa shape index (κ2) is 9.77. The zero-order valence-electron chi connectivity index (χ0n) is 13.0. The van der Waals surface area contributed by atoms with Crippen LogP contribution in [-0.4, -0.2) is 55.1 Å². The van der Waals surface area contributed by atoms with Crippen LogP contribution in [0.25, 0.3) is 0 Å². The number of nitrogens with zero attached hydrogens (tertiary/aromatic N) is 2. The first-order valence-electron chi connectivity index (χ1n) is 6.80. The number of hydrogen-bond donors (Lipinski definition) is 3. The lowest BCUT2D eigenvalue weighted by molar-refractivity contribution is -0.141. The van der Waals surface area contributed by atoms with Crippen LogP contribution in [0.4, 0.5) is 0 Å². The van der Waals surface area contributed by atoms with Gasteiger partial charge in [0.1, 0.15) is 17.7 Å². The Balaban J connectivity index is 4.59. The largest absolute Gasteiger partial charge is 0.480 e. The molecule has 0 rings (SSSR count). The summed E-state index contributed by atoms with van der Waals surface area (Å²) in [6.07, 6.45) is 1.63. The van der Waals surface area contributed by atoms with E-state index in [-0.39, 0.29) is 11.5 Å². The lowest BCUT2D eigenvalue weighted by Crippen LogP contribution is -2.42. The van der Waals surface area contributed by atoms with E-state index in [1.165, 1.54) is 6.20 Å². The normalized spacial score (nSPS) is 12.9. The van der Waals surface area contributed by atoms with Gasteiger partial charge in [-0.1, -0.05) is 13.8 Å². The number of carboxylic acids is 1. The Labute approximate surface area is 125 Å². The van der Waals surface area contributed by atoms with E-state index in [1.807, 2.05) is 32.8 Å². The van der Waals surface area contributed by atoms with Gasteiger partial charge in [-0.2, -0.15) is 5.26 Å². The van der Waals surface area contributed by atoms with Crippen LogP contribution < -0.4 is 10.6 Å². The third-order valence-corrected chi connectivity index (χ3v) is 2.63. The average Bonchev–Trinajstić information content (AvgIpc) is 2.36. The molecule has 0 bridgehead atoms. The number of aliphatic carboxylic acids is 1. The van der Waals surface area contributed by atoms with E-state index in [1.54, 1.807) is 6.07 Å². The van der Waals surface area contributed by atoms with Gasteiger partial charge in [0.05, 0.1) is 0 Å². The van der Waals surface area contributed by atoms with Crippen molar-refractivity contribution >= 4 is 11.9 Å². The van der Waals surface area contributed by atoms with Gasteiger partial charge in [0.15, 0.2) is 0 Å². The van der Waals surface area contributed by atoms with Crippen molar-refractivity contribution in [3.63, 3.8) is 0 Å². The molecule has 118 valence electrons. The lowest BCUT2D eigenvalue weighted by Gasteiger charge is -2.16. The Kier molecular flexibility index (Phi) is 8.81. The molecule has 1 atom stereocenters. The molecule has 0 heterocycles. The molecule has 0 aromatic heterocycles. The lowest BCUT2D eigenvalue weighted by atomic mass is 10.0. The van der Waals surface area contributed by atoms with E-state index in [0.29, 0.717) is 13.0 Å². The van der Waals surface area contributed by atoms with Gasteiger partial charge < -0.3 is 20.6 Å². The van der Waals surface area contributed by atoms with Crippen molar-refractivity contribution < 1.29 is 14.7 Å². The van der Waals surface area contributed by atoms with Gasteiger partial charge in [0, 0.05) is 19.3 Å². The number of nitrogens with one attached hydrogen (secondary N) is 2. The van der Waals surface area contributed by atoms with Gasteiger partial charge in [-0.15, -0.1) is 0 Å². The standard InChI is InChI=1S/C14H24N4O3/c1-10(2)7-12(14(20)21)17-13(19)11(8-15)9-16-5-6-18(3)4/h9-10,12,16H,5-7H2,1-4H3,(H,17,19)(H,20,21)/b11-9-. The van der Waals surface area contributed by atoms with Crippen molar-refractivity contribution in [1.29, 1.82) is 5.26 Å². The van der Waals surface area contributed by atoms with Crippen molar-refractivity contribution in [2.75, 3.05) is 27.2 Å². The highest BCUT2D eigenvalue weighted by atomic mass is 16.4. The van der Waals surface area contributed by atoms with Crippen molar-refractivity contribution in [2.24, 2.45) is 5.92 Å². The molecule has 0 aliphatic carbocycles. The van der Waals surface area contributed by atoms with Gasteiger partial charge in [-0.3, -0.25) is 4.79 Å². The quantitative estimate of drug-likeness (QED) is 0.318. The maximum Gasteiger partial charge on any atom is 0.326 e. The van der Waals surface area contributed by atoms with Crippen LogP contribution in [0, 0.1) is 17.2 Å². The van der Waals surface area contributed by atoms with Crippen LogP contribution in [0.5, 0.6) is 0 Å². The summed E-state index contributed by atoms with van der Waals surface area (Å²) in [4.78, 5) is 24.9. The van der Waals surface area contributed by atoms with Crippen LogP contribution in [0.15, 0.2) is 11.8 Å². The number of carboxylic acid groups (broad SMARTS) is 1. The highest BCUT2D eigenvalue weighted by Crippen LogP contribution is 2.06. The number of amides is 1. The summed E-state index contributed by atoms with van der Waals surface area (Å²) >= 11 is 0. The number of likely N-dealkylation sites (N-methyl/N-ethyl adjacent to an activating group) is 1. The Morgan fingerprint density at radius 2 is 2.00 bits per heavy atom. The minimum Gasteiger partial charge on any atom is -0.480 e. The van der Waals surface area contributed by atoms with E-state index in [2.05, 4.69) is 10.6 Å². The summed E-state index contributed by atoms with van der Waals surface area (Å²) in [5, 5.41) is 23.3.